The maximum Gasteiger partial charge on any atom is 0.356 e. The number of carboxylic acids is 1. The minimum atomic E-state index is -0.984. The number of carbonyl (C=O) groups is 1. The zero-order valence-corrected chi connectivity index (χ0v) is 12.3. The lowest BCUT2D eigenvalue weighted by molar-refractivity contribution is 0.0689. The van der Waals surface area contributed by atoms with Crippen LogP contribution < -0.4 is 0 Å². The van der Waals surface area contributed by atoms with Gasteiger partial charge >= 0.3 is 5.97 Å². The topological polar surface area (TPSA) is 55.1 Å². The van der Waals surface area contributed by atoms with Crippen molar-refractivity contribution in [1.29, 1.82) is 0 Å². The Kier molecular flexibility index (Phi) is 3.36. The summed E-state index contributed by atoms with van der Waals surface area (Å²) in [6.07, 6.45) is 0. The van der Waals surface area contributed by atoms with E-state index in [0.717, 1.165) is 27.2 Å². The number of aromatic carboxylic acids is 1. The second kappa shape index (κ2) is 5.02. The van der Waals surface area contributed by atoms with E-state index in [1.165, 1.54) is 0 Å². The average Bonchev–Trinajstić information content (AvgIpc) is 2.71. The number of benzene rings is 1. The minimum absolute atomic E-state index is 0.104. The molecule has 6 heteroatoms. The Bertz CT molecular complexity index is 637. The molecule has 4 nitrogen and oxygen atoms in total. The van der Waals surface area contributed by atoms with E-state index in [0.29, 0.717) is 6.04 Å². The Hall–Kier alpha value is -1.27. The summed E-state index contributed by atoms with van der Waals surface area (Å²) in [6, 6.07) is 9.77. The van der Waals surface area contributed by atoms with E-state index in [1.807, 2.05) is 40.7 Å². The lowest BCUT2D eigenvalue weighted by atomic mass is 10.1. The molecule has 0 atom stereocenters. The molecule has 0 radical (unpaired) electrons. The van der Waals surface area contributed by atoms with Crippen molar-refractivity contribution in [1.82, 2.24) is 9.78 Å². The maximum atomic E-state index is 11.1. The summed E-state index contributed by atoms with van der Waals surface area (Å²) in [5, 5.41) is 13.3. The van der Waals surface area contributed by atoms with Crippen LogP contribution in [0.15, 0.2) is 34.8 Å². The fourth-order valence-electron chi connectivity index (χ4n) is 2.01. The van der Waals surface area contributed by atoms with Crippen molar-refractivity contribution in [3.63, 3.8) is 0 Å². The van der Waals surface area contributed by atoms with Crippen LogP contribution in [0, 0.1) is 0 Å². The number of hydrogen-bond acceptors (Lipinski definition) is 3. The van der Waals surface area contributed by atoms with Gasteiger partial charge in [-0.3, -0.25) is 4.68 Å². The SMILES string of the molecule is O=C(O)c1cc(-c2cccc(Br)c2)n(C2CSC2)n1. The monoisotopic (exact) mass is 338 g/mol. The molecule has 1 aliphatic rings. The quantitative estimate of drug-likeness (QED) is 0.932. The normalized spacial score (nSPS) is 15.2. The summed E-state index contributed by atoms with van der Waals surface area (Å²) in [7, 11) is 0. The van der Waals surface area contributed by atoms with Crippen LogP contribution in [0.25, 0.3) is 11.3 Å². The van der Waals surface area contributed by atoms with Gasteiger partial charge in [-0.05, 0) is 18.2 Å². The molecule has 0 saturated carbocycles. The smallest absolute Gasteiger partial charge is 0.356 e. The standard InChI is InChI=1S/C13H11BrN2O2S/c14-9-3-1-2-8(4-9)12-5-11(13(17)18)15-16(12)10-6-19-7-10/h1-5,10H,6-7H2,(H,17,18). The van der Waals surface area contributed by atoms with Gasteiger partial charge in [-0.25, -0.2) is 4.79 Å². The third kappa shape index (κ3) is 2.42. The van der Waals surface area contributed by atoms with Gasteiger partial charge in [0.25, 0.3) is 0 Å². The molecule has 1 aromatic heterocycles. The van der Waals surface area contributed by atoms with Crippen molar-refractivity contribution < 1.29 is 9.90 Å². The lowest BCUT2D eigenvalue weighted by Crippen LogP contribution is -2.24. The molecule has 98 valence electrons. The van der Waals surface area contributed by atoms with Crippen molar-refractivity contribution in [2.45, 2.75) is 6.04 Å². The Balaban J connectivity index is 2.10. The van der Waals surface area contributed by atoms with Crippen LogP contribution >= 0.6 is 27.7 Å². The predicted octanol–water partition coefficient (Wildman–Crippen LogP) is 3.30. The highest BCUT2D eigenvalue weighted by molar-refractivity contribution is 9.10. The molecule has 1 fully saturated rings. The van der Waals surface area contributed by atoms with Gasteiger partial charge in [-0.15, -0.1) is 0 Å². The van der Waals surface area contributed by atoms with Crippen LogP contribution in [0.1, 0.15) is 16.5 Å². The van der Waals surface area contributed by atoms with Crippen molar-refractivity contribution >= 4 is 33.7 Å². The van der Waals surface area contributed by atoms with E-state index in [9.17, 15) is 4.79 Å². The van der Waals surface area contributed by atoms with E-state index in [-0.39, 0.29) is 5.69 Å². The first kappa shape index (κ1) is 12.7. The molecular formula is C13H11BrN2O2S. The van der Waals surface area contributed by atoms with E-state index < -0.39 is 5.97 Å². The Labute approximate surface area is 122 Å². The van der Waals surface area contributed by atoms with Crippen molar-refractivity contribution in [3.05, 3.63) is 40.5 Å². The number of carboxylic acid groups (broad SMARTS) is 1. The highest BCUT2D eigenvalue weighted by atomic mass is 79.9. The minimum Gasteiger partial charge on any atom is -0.476 e. The van der Waals surface area contributed by atoms with Crippen LogP contribution in [0.3, 0.4) is 0 Å². The number of thioether (sulfide) groups is 1. The summed E-state index contributed by atoms with van der Waals surface area (Å²) in [4.78, 5) is 11.1. The third-order valence-corrected chi connectivity index (χ3v) is 4.78. The Morgan fingerprint density at radius 3 is 2.79 bits per heavy atom. The molecule has 0 amide bonds. The molecule has 0 unspecified atom stereocenters. The van der Waals surface area contributed by atoms with Gasteiger partial charge < -0.3 is 5.11 Å². The predicted molar refractivity (Wildman–Crippen MR) is 78.7 cm³/mol. The summed E-state index contributed by atoms with van der Waals surface area (Å²) in [5.74, 6) is 0.991. The zero-order chi connectivity index (χ0) is 13.4. The first-order chi connectivity index (χ1) is 9.15. The Morgan fingerprint density at radius 2 is 2.21 bits per heavy atom. The van der Waals surface area contributed by atoms with E-state index in [4.69, 9.17) is 5.11 Å². The molecule has 0 bridgehead atoms. The highest BCUT2D eigenvalue weighted by Gasteiger charge is 2.26. The number of rotatable bonds is 3. The maximum absolute atomic E-state index is 11.1. The van der Waals surface area contributed by atoms with Gasteiger partial charge in [0.1, 0.15) is 0 Å². The van der Waals surface area contributed by atoms with Crippen LogP contribution in [-0.2, 0) is 0 Å². The van der Waals surface area contributed by atoms with Gasteiger partial charge in [-0.1, -0.05) is 28.1 Å². The number of hydrogen-bond donors (Lipinski definition) is 1. The molecule has 1 N–H and O–H groups in total. The second-order valence-electron chi connectivity index (χ2n) is 4.37. The molecule has 0 spiro atoms. The van der Waals surface area contributed by atoms with Crippen molar-refractivity contribution in [3.8, 4) is 11.3 Å². The summed E-state index contributed by atoms with van der Waals surface area (Å²) in [5.41, 5.74) is 1.95. The van der Waals surface area contributed by atoms with E-state index in [1.54, 1.807) is 6.07 Å². The lowest BCUT2D eigenvalue weighted by Gasteiger charge is -2.27. The molecule has 1 aliphatic heterocycles. The second-order valence-corrected chi connectivity index (χ2v) is 6.36. The Morgan fingerprint density at radius 1 is 1.42 bits per heavy atom. The van der Waals surface area contributed by atoms with E-state index >= 15 is 0 Å². The van der Waals surface area contributed by atoms with Gasteiger partial charge in [0.2, 0.25) is 0 Å². The van der Waals surface area contributed by atoms with Crippen LogP contribution in [0.2, 0.25) is 0 Å². The molecule has 0 aliphatic carbocycles. The number of nitrogens with zero attached hydrogens (tertiary/aromatic N) is 2. The van der Waals surface area contributed by atoms with Crippen LogP contribution in [0.4, 0.5) is 0 Å². The highest BCUT2D eigenvalue weighted by Crippen LogP contribution is 2.34. The molecule has 1 aromatic carbocycles. The fraction of sp³-hybridized carbons (Fsp3) is 0.231. The first-order valence-electron chi connectivity index (χ1n) is 5.81. The summed E-state index contributed by atoms with van der Waals surface area (Å²) < 4.78 is 2.82. The van der Waals surface area contributed by atoms with E-state index in [2.05, 4.69) is 21.0 Å². The summed E-state index contributed by atoms with van der Waals surface area (Å²) >= 11 is 5.28. The molecule has 1 saturated heterocycles. The molecule has 2 heterocycles. The molecule has 3 rings (SSSR count). The van der Waals surface area contributed by atoms with Gasteiger partial charge in [0.05, 0.1) is 11.7 Å². The zero-order valence-electron chi connectivity index (χ0n) is 9.91. The van der Waals surface area contributed by atoms with Crippen molar-refractivity contribution in [2.75, 3.05) is 11.5 Å². The first-order valence-corrected chi connectivity index (χ1v) is 7.76. The largest absolute Gasteiger partial charge is 0.476 e. The van der Waals surface area contributed by atoms with Gasteiger partial charge in [-0.2, -0.15) is 16.9 Å². The molecular weight excluding hydrogens is 328 g/mol. The van der Waals surface area contributed by atoms with Crippen LogP contribution in [0.5, 0.6) is 0 Å². The van der Waals surface area contributed by atoms with Crippen molar-refractivity contribution in [2.24, 2.45) is 0 Å². The number of aromatic nitrogens is 2. The molecule has 2 aromatic rings. The van der Waals surface area contributed by atoms with Gasteiger partial charge in [0.15, 0.2) is 5.69 Å². The number of halogens is 1. The third-order valence-electron chi connectivity index (χ3n) is 3.04. The summed E-state index contributed by atoms with van der Waals surface area (Å²) in [6.45, 7) is 0. The van der Waals surface area contributed by atoms with Crippen LogP contribution in [-0.4, -0.2) is 32.4 Å². The average molecular weight is 339 g/mol. The fourth-order valence-corrected chi connectivity index (χ4v) is 3.13. The molecule has 19 heavy (non-hydrogen) atoms. The van der Waals surface area contributed by atoms with Gasteiger partial charge in [0, 0.05) is 21.5 Å².